The molecule has 1 aromatic rings. The molecule has 1 aromatic carbocycles. The molecular formula is C15H22BrNO3. The molecule has 112 valence electrons. The zero-order chi connectivity index (χ0) is 15.7. The van der Waals surface area contributed by atoms with Crippen molar-refractivity contribution in [2.24, 2.45) is 11.1 Å². The van der Waals surface area contributed by atoms with Gasteiger partial charge in [0.1, 0.15) is 5.75 Å². The number of rotatable bonds is 5. The smallest absolute Gasteiger partial charge is 0.309 e. The molecule has 20 heavy (non-hydrogen) atoms. The molecule has 0 heterocycles. The Balaban J connectivity index is 3.28. The summed E-state index contributed by atoms with van der Waals surface area (Å²) in [4.78, 5) is 11.3. The van der Waals surface area contributed by atoms with Gasteiger partial charge in [-0.05, 0) is 51.3 Å². The first kappa shape index (κ1) is 17.0. The largest absolute Gasteiger partial charge is 0.496 e. The number of hydrogen-bond donors (Lipinski definition) is 2. The van der Waals surface area contributed by atoms with Gasteiger partial charge in [0, 0.05) is 16.1 Å². The molecule has 0 aliphatic carbocycles. The molecule has 1 unspecified atom stereocenters. The van der Waals surface area contributed by atoms with Crippen LogP contribution in [-0.4, -0.2) is 18.2 Å². The van der Waals surface area contributed by atoms with E-state index in [9.17, 15) is 9.90 Å². The standard InChI is InChI=1S/C15H22BrNO3/c1-8-6-10(16)9(2)12(13(8)20-5)11(17)7-15(3,4)14(18)19/h6,11H,7,17H2,1-5H3,(H,18,19). The summed E-state index contributed by atoms with van der Waals surface area (Å²) >= 11 is 3.51. The second-order valence-electron chi connectivity index (χ2n) is 5.75. The molecule has 0 aromatic heterocycles. The molecule has 3 N–H and O–H groups in total. The van der Waals surface area contributed by atoms with Crippen molar-refractivity contribution < 1.29 is 14.6 Å². The summed E-state index contributed by atoms with van der Waals surface area (Å²) in [5, 5.41) is 9.25. The third kappa shape index (κ3) is 3.33. The molecule has 0 bridgehead atoms. The monoisotopic (exact) mass is 343 g/mol. The number of benzene rings is 1. The Bertz CT molecular complexity index is 526. The van der Waals surface area contributed by atoms with Crippen LogP contribution in [0.15, 0.2) is 10.5 Å². The highest BCUT2D eigenvalue weighted by Crippen LogP contribution is 2.39. The van der Waals surface area contributed by atoms with Crippen LogP contribution in [0.25, 0.3) is 0 Å². The molecular weight excluding hydrogens is 322 g/mol. The minimum Gasteiger partial charge on any atom is -0.496 e. The number of carboxylic acids is 1. The zero-order valence-corrected chi connectivity index (χ0v) is 14.2. The van der Waals surface area contributed by atoms with Gasteiger partial charge in [0.15, 0.2) is 0 Å². The Morgan fingerprint density at radius 1 is 1.50 bits per heavy atom. The number of halogens is 1. The minimum atomic E-state index is -0.882. The molecule has 0 aliphatic heterocycles. The van der Waals surface area contributed by atoms with Crippen LogP contribution in [0.4, 0.5) is 0 Å². The summed E-state index contributed by atoms with van der Waals surface area (Å²) in [5.41, 5.74) is 8.22. The molecule has 0 saturated heterocycles. The second-order valence-corrected chi connectivity index (χ2v) is 6.60. The third-order valence-electron chi connectivity index (χ3n) is 3.59. The van der Waals surface area contributed by atoms with Crippen LogP contribution < -0.4 is 10.5 Å². The lowest BCUT2D eigenvalue weighted by Crippen LogP contribution is -2.29. The second kappa shape index (κ2) is 6.14. The maximum absolute atomic E-state index is 11.3. The summed E-state index contributed by atoms with van der Waals surface area (Å²) in [6.45, 7) is 7.26. The Hall–Kier alpha value is -1.07. The van der Waals surface area contributed by atoms with Gasteiger partial charge >= 0.3 is 5.97 Å². The number of methoxy groups -OCH3 is 1. The number of aryl methyl sites for hydroxylation is 1. The lowest BCUT2D eigenvalue weighted by Gasteiger charge is -2.27. The van der Waals surface area contributed by atoms with Crippen molar-refractivity contribution in [1.29, 1.82) is 0 Å². The average molecular weight is 344 g/mol. The highest BCUT2D eigenvalue weighted by Gasteiger charge is 2.32. The SMILES string of the molecule is COc1c(C)cc(Br)c(C)c1C(N)CC(C)(C)C(=O)O. The van der Waals surface area contributed by atoms with Gasteiger partial charge in [0.25, 0.3) is 0 Å². The molecule has 0 saturated carbocycles. The lowest BCUT2D eigenvalue weighted by molar-refractivity contribution is -0.147. The van der Waals surface area contributed by atoms with Gasteiger partial charge in [-0.1, -0.05) is 15.9 Å². The van der Waals surface area contributed by atoms with Crippen molar-refractivity contribution in [3.63, 3.8) is 0 Å². The minimum absolute atomic E-state index is 0.343. The van der Waals surface area contributed by atoms with Gasteiger partial charge in [0.05, 0.1) is 12.5 Å². The predicted octanol–water partition coefficient (Wildman–Crippen LogP) is 3.58. The first-order valence-corrected chi connectivity index (χ1v) is 7.23. The van der Waals surface area contributed by atoms with Crippen LogP contribution in [0, 0.1) is 19.3 Å². The van der Waals surface area contributed by atoms with Crippen LogP contribution >= 0.6 is 15.9 Å². The fourth-order valence-corrected chi connectivity index (χ4v) is 2.89. The van der Waals surface area contributed by atoms with Crippen molar-refractivity contribution in [2.75, 3.05) is 7.11 Å². The van der Waals surface area contributed by atoms with Crippen molar-refractivity contribution in [3.05, 3.63) is 27.2 Å². The van der Waals surface area contributed by atoms with Gasteiger partial charge in [0.2, 0.25) is 0 Å². The van der Waals surface area contributed by atoms with E-state index in [1.165, 1.54) is 0 Å². The lowest BCUT2D eigenvalue weighted by atomic mass is 9.82. The van der Waals surface area contributed by atoms with E-state index in [1.807, 2.05) is 19.9 Å². The fraction of sp³-hybridized carbons (Fsp3) is 0.533. The number of hydrogen-bond acceptors (Lipinski definition) is 3. The van der Waals surface area contributed by atoms with E-state index in [1.54, 1.807) is 21.0 Å². The first-order valence-electron chi connectivity index (χ1n) is 6.44. The van der Waals surface area contributed by atoms with Crippen molar-refractivity contribution in [3.8, 4) is 5.75 Å². The fourth-order valence-electron chi connectivity index (χ4n) is 2.33. The van der Waals surface area contributed by atoms with Gasteiger partial charge in [-0.15, -0.1) is 0 Å². The van der Waals surface area contributed by atoms with Gasteiger partial charge in [-0.2, -0.15) is 0 Å². The van der Waals surface area contributed by atoms with E-state index in [4.69, 9.17) is 10.5 Å². The van der Waals surface area contributed by atoms with Crippen LogP contribution in [0.2, 0.25) is 0 Å². The molecule has 0 aliphatic rings. The summed E-state index contributed by atoms with van der Waals surface area (Å²) < 4.78 is 6.41. The molecule has 0 amide bonds. The maximum atomic E-state index is 11.3. The molecule has 4 nitrogen and oxygen atoms in total. The maximum Gasteiger partial charge on any atom is 0.309 e. The number of carbonyl (C=O) groups is 1. The normalized spacial score (nSPS) is 13.2. The number of carboxylic acid groups (broad SMARTS) is 1. The highest BCUT2D eigenvalue weighted by atomic mass is 79.9. The van der Waals surface area contributed by atoms with Crippen LogP contribution in [0.5, 0.6) is 5.75 Å². The summed E-state index contributed by atoms with van der Waals surface area (Å²) in [5.74, 6) is -0.115. The number of ether oxygens (including phenoxy) is 1. The van der Waals surface area contributed by atoms with E-state index in [2.05, 4.69) is 15.9 Å². The quantitative estimate of drug-likeness (QED) is 0.856. The van der Waals surface area contributed by atoms with Crippen molar-refractivity contribution in [2.45, 2.75) is 40.2 Å². The van der Waals surface area contributed by atoms with Crippen LogP contribution in [-0.2, 0) is 4.79 Å². The molecule has 0 spiro atoms. The Kier molecular flexibility index (Phi) is 5.21. The first-order chi connectivity index (χ1) is 9.11. The van der Waals surface area contributed by atoms with Crippen LogP contribution in [0.3, 0.4) is 0 Å². The molecule has 5 heteroatoms. The Labute approximate surface area is 128 Å². The average Bonchev–Trinajstić information content (AvgIpc) is 2.32. The zero-order valence-electron chi connectivity index (χ0n) is 12.6. The third-order valence-corrected chi connectivity index (χ3v) is 4.42. The number of aliphatic carboxylic acids is 1. The predicted molar refractivity (Wildman–Crippen MR) is 83.1 cm³/mol. The summed E-state index contributed by atoms with van der Waals surface area (Å²) in [7, 11) is 1.61. The van der Waals surface area contributed by atoms with E-state index >= 15 is 0 Å². The summed E-state index contributed by atoms with van der Waals surface area (Å²) in [6.07, 6.45) is 0.343. The van der Waals surface area contributed by atoms with E-state index in [0.29, 0.717) is 6.42 Å². The summed E-state index contributed by atoms with van der Waals surface area (Å²) in [6, 6.07) is 1.58. The molecule has 1 rings (SSSR count). The van der Waals surface area contributed by atoms with Gasteiger partial charge in [-0.3, -0.25) is 4.79 Å². The Morgan fingerprint density at radius 3 is 2.50 bits per heavy atom. The Morgan fingerprint density at radius 2 is 2.05 bits per heavy atom. The van der Waals surface area contributed by atoms with E-state index < -0.39 is 17.4 Å². The number of nitrogens with two attached hydrogens (primary N) is 1. The molecule has 0 fully saturated rings. The van der Waals surface area contributed by atoms with Gasteiger partial charge < -0.3 is 15.6 Å². The van der Waals surface area contributed by atoms with Gasteiger partial charge in [-0.25, -0.2) is 0 Å². The van der Waals surface area contributed by atoms with Crippen molar-refractivity contribution in [1.82, 2.24) is 0 Å². The molecule has 1 atom stereocenters. The van der Waals surface area contributed by atoms with Crippen molar-refractivity contribution >= 4 is 21.9 Å². The highest BCUT2D eigenvalue weighted by molar-refractivity contribution is 9.10. The molecule has 0 radical (unpaired) electrons. The van der Waals surface area contributed by atoms with E-state index in [-0.39, 0.29) is 0 Å². The topological polar surface area (TPSA) is 72.5 Å². The van der Waals surface area contributed by atoms with E-state index in [0.717, 1.165) is 26.9 Å². The van der Waals surface area contributed by atoms with Crippen LogP contribution in [0.1, 0.15) is 43.0 Å².